The molecule has 5 nitrogen and oxygen atoms in total. The third-order valence-electron chi connectivity index (χ3n) is 4.96. The molecule has 0 aliphatic carbocycles. The van der Waals surface area contributed by atoms with Crippen LogP contribution in [0.4, 0.5) is 5.69 Å². The first-order valence-electron chi connectivity index (χ1n) is 10.0. The predicted octanol–water partition coefficient (Wildman–Crippen LogP) is 5.11. The largest absolute Gasteiger partial charge is 0.348 e. The summed E-state index contributed by atoms with van der Waals surface area (Å²) >= 11 is 5.97. The van der Waals surface area contributed by atoms with Gasteiger partial charge in [-0.1, -0.05) is 66.6 Å². The lowest BCUT2D eigenvalue weighted by atomic mass is 10.0. The van der Waals surface area contributed by atoms with Gasteiger partial charge in [0, 0.05) is 5.02 Å². The predicted molar refractivity (Wildman–Crippen MR) is 125 cm³/mol. The van der Waals surface area contributed by atoms with E-state index in [2.05, 4.69) is 5.32 Å². The quantitative estimate of drug-likeness (QED) is 0.512. The number of rotatable bonds is 8. The van der Waals surface area contributed by atoms with Crippen LogP contribution < -0.4 is 9.62 Å². The first-order chi connectivity index (χ1) is 14.8. The minimum Gasteiger partial charge on any atom is -0.348 e. The molecule has 1 atom stereocenters. The maximum Gasteiger partial charge on any atom is 0.264 e. The summed E-state index contributed by atoms with van der Waals surface area (Å²) in [6, 6.07) is 22.2. The molecule has 0 aliphatic heterocycles. The topological polar surface area (TPSA) is 66.5 Å². The van der Waals surface area contributed by atoms with Crippen LogP contribution in [0.1, 0.15) is 30.5 Å². The fourth-order valence-electron chi connectivity index (χ4n) is 3.23. The molecular weight excluding hydrogens is 432 g/mol. The smallest absolute Gasteiger partial charge is 0.264 e. The number of amides is 1. The molecule has 0 radical (unpaired) electrons. The monoisotopic (exact) mass is 456 g/mol. The van der Waals surface area contributed by atoms with E-state index < -0.39 is 10.0 Å². The molecule has 0 heterocycles. The third kappa shape index (κ3) is 5.66. The van der Waals surface area contributed by atoms with Crippen molar-refractivity contribution in [1.29, 1.82) is 0 Å². The molecule has 0 saturated carbocycles. The Morgan fingerprint density at radius 2 is 1.58 bits per heavy atom. The standard InChI is InChI=1S/C24H25ClN2O3S/c1-3-23(19-11-9-18(2)10-12-19)26-24(28)17-27(21-15-13-20(25)14-16-21)31(29,30)22-7-5-4-6-8-22/h4-16,23H,3,17H2,1-2H3,(H,26,28)/t23-/m1/s1. The van der Waals surface area contributed by atoms with Crippen LogP contribution in [0.2, 0.25) is 5.02 Å². The molecule has 0 fully saturated rings. The van der Waals surface area contributed by atoms with Crippen molar-refractivity contribution in [1.82, 2.24) is 5.32 Å². The second kappa shape index (κ2) is 9.98. The van der Waals surface area contributed by atoms with E-state index in [9.17, 15) is 13.2 Å². The zero-order valence-electron chi connectivity index (χ0n) is 17.5. The van der Waals surface area contributed by atoms with Gasteiger partial charge in [-0.15, -0.1) is 0 Å². The van der Waals surface area contributed by atoms with Gasteiger partial charge in [0.2, 0.25) is 5.91 Å². The highest BCUT2D eigenvalue weighted by Gasteiger charge is 2.27. The maximum absolute atomic E-state index is 13.3. The van der Waals surface area contributed by atoms with Gasteiger partial charge >= 0.3 is 0 Å². The third-order valence-corrected chi connectivity index (χ3v) is 7.00. The summed E-state index contributed by atoms with van der Waals surface area (Å²) in [4.78, 5) is 13.1. The van der Waals surface area contributed by atoms with Gasteiger partial charge in [0.15, 0.2) is 0 Å². The van der Waals surface area contributed by atoms with Crippen molar-refractivity contribution in [3.8, 4) is 0 Å². The number of nitrogens with one attached hydrogen (secondary N) is 1. The first-order valence-corrected chi connectivity index (χ1v) is 11.8. The Hall–Kier alpha value is -2.83. The van der Waals surface area contributed by atoms with Crippen LogP contribution in [0.5, 0.6) is 0 Å². The molecule has 3 aromatic carbocycles. The van der Waals surface area contributed by atoms with Crippen molar-refractivity contribution in [2.24, 2.45) is 0 Å². The van der Waals surface area contributed by atoms with E-state index in [0.717, 1.165) is 15.4 Å². The summed E-state index contributed by atoms with van der Waals surface area (Å²) < 4.78 is 27.8. The number of anilines is 1. The summed E-state index contributed by atoms with van der Waals surface area (Å²) in [5, 5.41) is 3.45. The lowest BCUT2D eigenvalue weighted by Gasteiger charge is -2.26. The van der Waals surface area contributed by atoms with E-state index in [-0.39, 0.29) is 23.4 Å². The van der Waals surface area contributed by atoms with Crippen LogP contribution in [0.25, 0.3) is 0 Å². The molecule has 162 valence electrons. The first kappa shape index (κ1) is 22.8. The van der Waals surface area contributed by atoms with E-state index >= 15 is 0 Å². The molecule has 3 aromatic rings. The van der Waals surface area contributed by atoms with Gasteiger partial charge in [0.25, 0.3) is 10.0 Å². The van der Waals surface area contributed by atoms with Crippen molar-refractivity contribution in [3.63, 3.8) is 0 Å². The van der Waals surface area contributed by atoms with Crippen LogP contribution in [-0.4, -0.2) is 20.9 Å². The molecule has 0 spiro atoms. The second-order valence-corrected chi connectivity index (χ2v) is 9.54. The van der Waals surface area contributed by atoms with Crippen molar-refractivity contribution in [2.75, 3.05) is 10.8 Å². The van der Waals surface area contributed by atoms with Crippen molar-refractivity contribution >= 4 is 33.2 Å². The Kier molecular flexibility index (Phi) is 7.36. The van der Waals surface area contributed by atoms with Gasteiger partial charge in [-0.2, -0.15) is 0 Å². The molecule has 1 N–H and O–H groups in total. The van der Waals surface area contributed by atoms with E-state index in [1.54, 1.807) is 42.5 Å². The average molecular weight is 457 g/mol. The molecule has 0 aromatic heterocycles. The highest BCUT2D eigenvalue weighted by Crippen LogP contribution is 2.25. The fourth-order valence-corrected chi connectivity index (χ4v) is 4.80. The Bertz CT molecular complexity index is 1120. The number of benzene rings is 3. The SMILES string of the molecule is CC[C@@H](NC(=O)CN(c1ccc(Cl)cc1)S(=O)(=O)c1ccccc1)c1ccc(C)cc1. The van der Waals surface area contributed by atoms with Gasteiger partial charge in [-0.25, -0.2) is 8.42 Å². The lowest BCUT2D eigenvalue weighted by molar-refractivity contribution is -0.120. The number of carbonyl (C=O) groups is 1. The lowest BCUT2D eigenvalue weighted by Crippen LogP contribution is -2.42. The zero-order valence-corrected chi connectivity index (χ0v) is 19.0. The molecule has 0 aliphatic rings. The molecule has 0 bridgehead atoms. The number of halogens is 1. The Labute approximate surface area is 188 Å². The Morgan fingerprint density at radius 3 is 2.16 bits per heavy atom. The van der Waals surface area contributed by atoms with Crippen LogP contribution in [0.15, 0.2) is 83.8 Å². The molecule has 31 heavy (non-hydrogen) atoms. The summed E-state index contributed by atoms with van der Waals surface area (Å²) in [7, 11) is -3.95. The van der Waals surface area contributed by atoms with Crippen LogP contribution in [0.3, 0.4) is 0 Å². The van der Waals surface area contributed by atoms with Gasteiger partial charge < -0.3 is 5.32 Å². The molecule has 0 saturated heterocycles. The normalized spacial score (nSPS) is 12.2. The van der Waals surface area contributed by atoms with Crippen LogP contribution in [0, 0.1) is 6.92 Å². The molecule has 7 heteroatoms. The number of sulfonamides is 1. The summed E-state index contributed by atoms with van der Waals surface area (Å²) in [6.07, 6.45) is 0.682. The van der Waals surface area contributed by atoms with E-state index in [1.165, 1.54) is 12.1 Å². The van der Waals surface area contributed by atoms with E-state index in [1.807, 2.05) is 38.1 Å². The Balaban J connectivity index is 1.88. The van der Waals surface area contributed by atoms with Crippen molar-refractivity contribution in [2.45, 2.75) is 31.2 Å². The number of hydrogen-bond acceptors (Lipinski definition) is 3. The molecule has 1 amide bonds. The zero-order chi connectivity index (χ0) is 22.4. The summed E-state index contributed by atoms with van der Waals surface area (Å²) in [5.41, 5.74) is 2.48. The minimum atomic E-state index is -3.95. The fraction of sp³-hybridized carbons (Fsp3) is 0.208. The van der Waals surface area contributed by atoms with Gasteiger partial charge in [-0.3, -0.25) is 9.10 Å². The van der Waals surface area contributed by atoms with Crippen molar-refractivity contribution < 1.29 is 13.2 Å². The van der Waals surface area contributed by atoms with E-state index in [4.69, 9.17) is 11.6 Å². The second-order valence-electron chi connectivity index (χ2n) is 7.24. The minimum absolute atomic E-state index is 0.114. The molecular formula is C24H25ClN2O3S. The number of carbonyl (C=O) groups excluding carboxylic acids is 1. The van der Waals surface area contributed by atoms with E-state index in [0.29, 0.717) is 17.1 Å². The number of aryl methyl sites for hydroxylation is 1. The summed E-state index contributed by atoms with van der Waals surface area (Å²) in [6.45, 7) is 3.63. The van der Waals surface area contributed by atoms with Crippen LogP contribution in [-0.2, 0) is 14.8 Å². The highest BCUT2D eigenvalue weighted by atomic mass is 35.5. The highest BCUT2D eigenvalue weighted by molar-refractivity contribution is 7.92. The van der Waals surface area contributed by atoms with Gasteiger partial charge in [0.1, 0.15) is 6.54 Å². The number of hydrogen-bond donors (Lipinski definition) is 1. The Morgan fingerprint density at radius 1 is 0.968 bits per heavy atom. The summed E-state index contributed by atoms with van der Waals surface area (Å²) in [5.74, 6) is -0.387. The number of nitrogens with zero attached hydrogens (tertiary/aromatic N) is 1. The molecule has 0 unspecified atom stereocenters. The van der Waals surface area contributed by atoms with Crippen molar-refractivity contribution in [3.05, 3.63) is 95.0 Å². The maximum atomic E-state index is 13.3. The van der Waals surface area contributed by atoms with Gasteiger partial charge in [0.05, 0.1) is 16.6 Å². The van der Waals surface area contributed by atoms with Crippen LogP contribution >= 0.6 is 11.6 Å². The average Bonchev–Trinajstić information content (AvgIpc) is 2.78. The molecule has 3 rings (SSSR count). The van der Waals surface area contributed by atoms with Gasteiger partial charge in [-0.05, 0) is 55.3 Å².